The van der Waals surface area contributed by atoms with E-state index in [9.17, 15) is 0 Å². The van der Waals surface area contributed by atoms with Gasteiger partial charge in [-0.25, -0.2) is 0 Å². The van der Waals surface area contributed by atoms with Crippen molar-refractivity contribution < 1.29 is 9.47 Å². The van der Waals surface area contributed by atoms with Crippen LogP contribution >= 0.6 is 0 Å². The molecule has 0 fully saturated rings. The standard InChI is InChI=1S/C17H28N2O2/c1-12(2)15(9-18)11-19-6-5-13-7-16(20-3)17(21-4)8-14(13)10-19/h7-8,12,15H,5-6,9-11,18H2,1-4H3. The normalized spacial score (nSPS) is 16.7. The minimum absolute atomic E-state index is 0.562. The highest BCUT2D eigenvalue weighted by Gasteiger charge is 2.22. The van der Waals surface area contributed by atoms with Crippen molar-refractivity contribution in [2.75, 3.05) is 33.9 Å². The molecule has 2 rings (SSSR count). The molecule has 4 heteroatoms. The lowest BCUT2D eigenvalue weighted by Crippen LogP contribution is -2.38. The largest absolute Gasteiger partial charge is 0.493 e. The lowest BCUT2D eigenvalue weighted by molar-refractivity contribution is 0.190. The van der Waals surface area contributed by atoms with Crippen LogP contribution in [0.2, 0.25) is 0 Å². The third kappa shape index (κ3) is 3.69. The van der Waals surface area contributed by atoms with E-state index in [0.29, 0.717) is 11.8 Å². The number of ether oxygens (including phenoxy) is 2. The molecule has 1 heterocycles. The second-order valence-corrected chi connectivity index (χ2v) is 6.20. The van der Waals surface area contributed by atoms with Crippen LogP contribution in [0, 0.1) is 11.8 Å². The van der Waals surface area contributed by atoms with Gasteiger partial charge < -0.3 is 15.2 Å². The van der Waals surface area contributed by atoms with Gasteiger partial charge >= 0.3 is 0 Å². The van der Waals surface area contributed by atoms with E-state index in [0.717, 1.165) is 44.1 Å². The number of hydrogen-bond donors (Lipinski definition) is 1. The maximum atomic E-state index is 5.91. The van der Waals surface area contributed by atoms with Gasteiger partial charge in [-0.05, 0) is 48.1 Å². The zero-order valence-corrected chi connectivity index (χ0v) is 13.7. The van der Waals surface area contributed by atoms with Gasteiger partial charge in [0.05, 0.1) is 14.2 Å². The third-order valence-corrected chi connectivity index (χ3v) is 4.54. The monoisotopic (exact) mass is 292 g/mol. The van der Waals surface area contributed by atoms with Crippen LogP contribution in [-0.2, 0) is 13.0 Å². The summed E-state index contributed by atoms with van der Waals surface area (Å²) in [4.78, 5) is 2.51. The maximum absolute atomic E-state index is 5.91. The molecule has 1 atom stereocenters. The molecule has 4 nitrogen and oxygen atoms in total. The van der Waals surface area contributed by atoms with E-state index < -0.39 is 0 Å². The summed E-state index contributed by atoms with van der Waals surface area (Å²) in [6.45, 7) is 8.39. The first-order valence-corrected chi connectivity index (χ1v) is 7.75. The van der Waals surface area contributed by atoms with Gasteiger partial charge in [0.25, 0.3) is 0 Å². The first-order valence-electron chi connectivity index (χ1n) is 7.75. The highest BCUT2D eigenvalue weighted by Crippen LogP contribution is 2.33. The Morgan fingerprint density at radius 3 is 2.29 bits per heavy atom. The van der Waals surface area contributed by atoms with E-state index in [1.54, 1.807) is 14.2 Å². The summed E-state index contributed by atoms with van der Waals surface area (Å²) in [6.07, 6.45) is 1.06. The summed E-state index contributed by atoms with van der Waals surface area (Å²) in [5, 5.41) is 0. The molecule has 0 saturated carbocycles. The maximum Gasteiger partial charge on any atom is 0.161 e. The van der Waals surface area contributed by atoms with Crippen LogP contribution < -0.4 is 15.2 Å². The first kappa shape index (κ1) is 16.1. The fourth-order valence-electron chi connectivity index (χ4n) is 2.99. The summed E-state index contributed by atoms with van der Waals surface area (Å²) in [5.41, 5.74) is 8.62. The van der Waals surface area contributed by atoms with Crippen molar-refractivity contribution in [1.29, 1.82) is 0 Å². The van der Waals surface area contributed by atoms with Gasteiger partial charge in [0, 0.05) is 19.6 Å². The minimum Gasteiger partial charge on any atom is -0.493 e. The average molecular weight is 292 g/mol. The summed E-state index contributed by atoms with van der Waals surface area (Å²) < 4.78 is 10.8. The summed E-state index contributed by atoms with van der Waals surface area (Å²) in [5.74, 6) is 2.83. The highest BCUT2D eigenvalue weighted by molar-refractivity contribution is 5.48. The molecule has 1 aliphatic rings. The Balaban J connectivity index is 2.12. The van der Waals surface area contributed by atoms with Gasteiger partial charge in [-0.1, -0.05) is 13.8 Å². The number of nitrogens with two attached hydrogens (primary N) is 1. The second kappa shape index (κ2) is 7.14. The van der Waals surface area contributed by atoms with E-state index in [4.69, 9.17) is 15.2 Å². The number of nitrogens with zero attached hydrogens (tertiary/aromatic N) is 1. The predicted molar refractivity (Wildman–Crippen MR) is 85.9 cm³/mol. The molecule has 0 saturated heterocycles. The molecule has 1 aliphatic heterocycles. The van der Waals surface area contributed by atoms with E-state index >= 15 is 0 Å². The minimum atomic E-state index is 0.562. The molecule has 0 bridgehead atoms. The van der Waals surface area contributed by atoms with Gasteiger partial charge in [0.15, 0.2) is 11.5 Å². The Kier molecular flexibility index (Phi) is 5.48. The smallest absolute Gasteiger partial charge is 0.161 e. The van der Waals surface area contributed by atoms with Gasteiger partial charge in [-0.15, -0.1) is 0 Å². The summed E-state index contributed by atoms with van der Waals surface area (Å²) >= 11 is 0. The lowest BCUT2D eigenvalue weighted by atomic mass is 9.93. The Morgan fingerprint density at radius 1 is 1.14 bits per heavy atom. The number of benzene rings is 1. The zero-order chi connectivity index (χ0) is 15.4. The van der Waals surface area contributed by atoms with Crippen LogP contribution in [0.1, 0.15) is 25.0 Å². The number of hydrogen-bond acceptors (Lipinski definition) is 4. The van der Waals surface area contributed by atoms with E-state index in [1.807, 2.05) is 0 Å². The molecule has 0 aromatic heterocycles. The molecule has 1 unspecified atom stereocenters. The average Bonchev–Trinajstić information content (AvgIpc) is 2.50. The third-order valence-electron chi connectivity index (χ3n) is 4.54. The molecule has 2 N–H and O–H groups in total. The molecule has 1 aromatic rings. The molecule has 0 aliphatic carbocycles. The van der Waals surface area contributed by atoms with Crippen molar-refractivity contribution in [2.24, 2.45) is 17.6 Å². The van der Waals surface area contributed by atoms with Crippen molar-refractivity contribution >= 4 is 0 Å². The molecule has 0 amide bonds. The van der Waals surface area contributed by atoms with E-state index in [1.165, 1.54) is 11.1 Å². The zero-order valence-electron chi connectivity index (χ0n) is 13.7. The van der Waals surface area contributed by atoms with Crippen molar-refractivity contribution in [2.45, 2.75) is 26.8 Å². The first-order chi connectivity index (χ1) is 10.1. The van der Waals surface area contributed by atoms with Crippen molar-refractivity contribution in [3.63, 3.8) is 0 Å². The van der Waals surface area contributed by atoms with Gasteiger partial charge in [-0.3, -0.25) is 4.90 Å². The van der Waals surface area contributed by atoms with Crippen molar-refractivity contribution in [1.82, 2.24) is 4.90 Å². The summed E-state index contributed by atoms with van der Waals surface area (Å²) in [6, 6.07) is 4.24. The fourth-order valence-corrected chi connectivity index (χ4v) is 2.99. The van der Waals surface area contributed by atoms with Crippen molar-refractivity contribution in [3.05, 3.63) is 23.3 Å². The second-order valence-electron chi connectivity index (χ2n) is 6.20. The van der Waals surface area contributed by atoms with Crippen LogP contribution in [0.25, 0.3) is 0 Å². The quantitative estimate of drug-likeness (QED) is 0.874. The SMILES string of the molecule is COc1cc2c(cc1OC)CN(CC(CN)C(C)C)CC2. The Bertz CT molecular complexity index is 474. The van der Waals surface area contributed by atoms with E-state index in [-0.39, 0.29) is 0 Å². The van der Waals surface area contributed by atoms with E-state index in [2.05, 4.69) is 30.9 Å². The predicted octanol–water partition coefficient (Wildman–Crippen LogP) is 2.29. The van der Waals surface area contributed by atoms with Crippen LogP contribution in [-0.4, -0.2) is 38.8 Å². The van der Waals surface area contributed by atoms with Gasteiger partial charge in [-0.2, -0.15) is 0 Å². The Morgan fingerprint density at radius 2 is 1.76 bits per heavy atom. The topological polar surface area (TPSA) is 47.7 Å². The molecular formula is C17H28N2O2. The molecule has 1 aromatic carbocycles. The number of rotatable bonds is 6. The molecule has 21 heavy (non-hydrogen) atoms. The lowest BCUT2D eigenvalue weighted by Gasteiger charge is -2.33. The highest BCUT2D eigenvalue weighted by atomic mass is 16.5. The van der Waals surface area contributed by atoms with Crippen LogP contribution in [0.4, 0.5) is 0 Å². The van der Waals surface area contributed by atoms with Crippen LogP contribution in [0.5, 0.6) is 11.5 Å². The van der Waals surface area contributed by atoms with Gasteiger partial charge in [0.2, 0.25) is 0 Å². The van der Waals surface area contributed by atoms with Crippen LogP contribution in [0.15, 0.2) is 12.1 Å². The fraction of sp³-hybridized carbons (Fsp3) is 0.647. The molecule has 118 valence electrons. The number of methoxy groups -OCH3 is 2. The Labute approximate surface area is 128 Å². The van der Waals surface area contributed by atoms with Gasteiger partial charge in [0.1, 0.15) is 0 Å². The molecule has 0 spiro atoms. The van der Waals surface area contributed by atoms with Crippen molar-refractivity contribution in [3.8, 4) is 11.5 Å². The summed E-state index contributed by atoms with van der Waals surface area (Å²) in [7, 11) is 3.38. The Hall–Kier alpha value is -1.26. The molecule has 0 radical (unpaired) electrons. The van der Waals surface area contributed by atoms with Crippen LogP contribution in [0.3, 0.4) is 0 Å². The number of fused-ring (bicyclic) bond motifs is 1. The molecular weight excluding hydrogens is 264 g/mol.